The van der Waals surface area contributed by atoms with Crippen LogP contribution >= 0.6 is 0 Å². The van der Waals surface area contributed by atoms with Crippen LogP contribution in [-0.2, 0) is 6.54 Å². The van der Waals surface area contributed by atoms with Crippen LogP contribution in [0.15, 0.2) is 42.7 Å². The van der Waals surface area contributed by atoms with Gasteiger partial charge in [-0.3, -0.25) is 0 Å². The number of rotatable bonds is 2. The molecule has 3 aromatic rings. The highest BCUT2D eigenvalue weighted by Gasteiger charge is 2.15. The lowest BCUT2D eigenvalue weighted by Crippen LogP contribution is -2.03. The van der Waals surface area contributed by atoms with Crippen molar-refractivity contribution in [3.8, 4) is 11.1 Å². The Hall–Kier alpha value is -2.40. The third-order valence-electron chi connectivity index (χ3n) is 3.19. The fourth-order valence-corrected chi connectivity index (χ4v) is 2.17. The molecule has 0 fully saturated rings. The first-order chi connectivity index (χ1) is 9.72. The molecule has 3 nitrogen and oxygen atoms in total. The van der Waals surface area contributed by atoms with Gasteiger partial charge in [-0.15, -0.1) is 0 Å². The van der Waals surface area contributed by atoms with Gasteiger partial charge in [-0.05, 0) is 23.8 Å². The molecule has 0 saturated carbocycles. The summed E-state index contributed by atoms with van der Waals surface area (Å²) in [5.41, 5.74) is 6.76. The van der Waals surface area contributed by atoms with Crippen LogP contribution in [0.4, 0.5) is 8.78 Å². The van der Waals surface area contributed by atoms with Gasteiger partial charge in [0.05, 0.1) is 0 Å². The summed E-state index contributed by atoms with van der Waals surface area (Å²) in [6.07, 6.45) is 3.13. The largest absolute Gasteiger partial charge is 0.326 e. The van der Waals surface area contributed by atoms with E-state index in [9.17, 15) is 8.78 Å². The van der Waals surface area contributed by atoms with Crippen LogP contribution in [0.5, 0.6) is 0 Å². The lowest BCUT2D eigenvalue weighted by atomic mass is 10.0. The van der Waals surface area contributed by atoms with E-state index in [1.165, 1.54) is 18.3 Å². The number of hydrogen-bond acceptors (Lipinski definition) is 3. The van der Waals surface area contributed by atoms with Crippen molar-refractivity contribution in [1.82, 2.24) is 9.97 Å². The molecule has 0 aliphatic carbocycles. The van der Waals surface area contributed by atoms with E-state index in [4.69, 9.17) is 5.73 Å². The summed E-state index contributed by atoms with van der Waals surface area (Å²) in [7, 11) is 0. The van der Waals surface area contributed by atoms with Crippen molar-refractivity contribution >= 4 is 11.0 Å². The molecule has 5 heteroatoms. The van der Waals surface area contributed by atoms with E-state index < -0.39 is 11.6 Å². The third kappa shape index (κ3) is 1.92. The maximum Gasteiger partial charge on any atom is 0.166 e. The van der Waals surface area contributed by atoms with Gasteiger partial charge in [0, 0.05) is 35.5 Å². The Labute approximate surface area is 114 Å². The summed E-state index contributed by atoms with van der Waals surface area (Å²) in [4.78, 5) is 8.21. The summed E-state index contributed by atoms with van der Waals surface area (Å²) >= 11 is 0. The van der Waals surface area contributed by atoms with Gasteiger partial charge in [-0.1, -0.05) is 12.1 Å². The van der Waals surface area contributed by atoms with Crippen LogP contribution in [-0.4, -0.2) is 9.97 Å². The van der Waals surface area contributed by atoms with Crippen LogP contribution in [0, 0.1) is 11.6 Å². The highest BCUT2D eigenvalue weighted by Crippen LogP contribution is 2.30. The van der Waals surface area contributed by atoms with E-state index in [2.05, 4.69) is 9.97 Å². The fraction of sp³-hybridized carbons (Fsp3) is 0.0667. The first-order valence-electron chi connectivity index (χ1n) is 6.09. The normalized spacial score (nSPS) is 10.9. The number of aromatic nitrogens is 2. The summed E-state index contributed by atoms with van der Waals surface area (Å²) in [5, 5.41) is 0.675. The minimum Gasteiger partial charge on any atom is -0.326 e. The van der Waals surface area contributed by atoms with Crippen LogP contribution in [0.3, 0.4) is 0 Å². The quantitative estimate of drug-likeness (QED) is 0.779. The van der Waals surface area contributed by atoms with Crippen molar-refractivity contribution in [2.75, 3.05) is 0 Å². The van der Waals surface area contributed by atoms with E-state index in [0.29, 0.717) is 16.6 Å². The maximum atomic E-state index is 14.2. The van der Waals surface area contributed by atoms with Gasteiger partial charge in [-0.25, -0.2) is 18.7 Å². The zero-order chi connectivity index (χ0) is 14.1. The molecule has 0 spiro atoms. The van der Waals surface area contributed by atoms with Crippen LogP contribution in [0.1, 0.15) is 5.56 Å². The topological polar surface area (TPSA) is 51.8 Å². The number of pyridine rings is 2. The van der Waals surface area contributed by atoms with Crippen LogP contribution in [0.2, 0.25) is 0 Å². The lowest BCUT2D eigenvalue weighted by molar-refractivity contribution is 0.502. The molecule has 0 amide bonds. The van der Waals surface area contributed by atoms with Crippen molar-refractivity contribution in [2.45, 2.75) is 6.54 Å². The zero-order valence-electron chi connectivity index (χ0n) is 10.5. The van der Waals surface area contributed by atoms with E-state index in [-0.39, 0.29) is 17.7 Å². The third-order valence-corrected chi connectivity index (χ3v) is 3.19. The highest BCUT2D eigenvalue weighted by molar-refractivity contribution is 5.92. The molecule has 100 valence electrons. The monoisotopic (exact) mass is 271 g/mol. The minimum atomic E-state index is -0.904. The summed E-state index contributed by atoms with van der Waals surface area (Å²) in [5.74, 6) is -1.80. The Morgan fingerprint density at radius 1 is 0.900 bits per heavy atom. The SMILES string of the molecule is NCc1ccc(-c2ccnc3ncccc23)c(F)c1F. The van der Waals surface area contributed by atoms with Crippen molar-refractivity contribution < 1.29 is 8.78 Å². The molecule has 1 aromatic carbocycles. The first-order valence-corrected chi connectivity index (χ1v) is 6.09. The predicted molar refractivity (Wildman–Crippen MR) is 72.8 cm³/mol. The number of nitrogens with two attached hydrogens (primary N) is 1. The molecule has 0 saturated heterocycles. The average Bonchev–Trinajstić information content (AvgIpc) is 2.50. The van der Waals surface area contributed by atoms with E-state index >= 15 is 0 Å². The molecular formula is C15H11F2N3. The smallest absolute Gasteiger partial charge is 0.166 e. The average molecular weight is 271 g/mol. The molecule has 2 heterocycles. The second-order valence-electron chi connectivity index (χ2n) is 4.34. The molecule has 2 N–H and O–H groups in total. The van der Waals surface area contributed by atoms with Crippen molar-refractivity contribution in [3.05, 3.63) is 59.9 Å². The van der Waals surface area contributed by atoms with Gasteiger partial charge in [0.15, 0.2) is 17.3 Å². The highest BCUT2D eigenvalue weighted by atomic mass is 19.2. The van der Waals surface area contributed by atoms with Gasteiger partial charge in [0.2, 0.25) is 0 Å². The molecule has 20 heavy (non-hydrogen) atoms. The molecule has 0 bridgehead atoms. The van der Waals surface area contributed by atoms with Gasteiger partial charge < -0.3 is 5.73 Å². The first kappa shape index (κ1) is 12.6. The number of benzene rings is 1. The van der Waals surface area contributed by atoms with Gasteiger partial charge in [-0.2, -0.15) is 0 Å². The van der Waals surface area contributed by atoms with Gasteiger partial charge >= 0.3 is 0 Å². The molecule has 0 unspecified atom stereocenters. The molecule has 2 aromatic heterocycles. The number of fused-ring (bicyclic) bond motifs is 1. The molecule has 0 radical (unpaired) electrons. The van der Waals surface area contributed by atoms with Crippen molar-refractivity contribution in [1.29, 1.82) is 0 Å². The summed E-state index contributed by atoms with van der Waals surface area (Å²) in [6.45, 7) is -0.0400. The molecule has 3 rings (SSSR count). The number of halogens is 2. The summed E-state index contributed by atoms with van der Waals surface area (Å²) in [6, 6.07) is 8.18. The maximum absolute atomic E-state index is 14.2. The number of hydrogen-bond donors (Lipinski definition) is 1. The standard InChI is InChI=1S/C15H11F2N3/c16-13-9(8-18)3-4-11(14(13)17)10-5-7-20-15-12(10)2-1-6-19-15/h1-7H,8,18H2. The van der Waals surface area contributed by atoms with Crippen LogP contribution in [0.25, 0.3) is 22.2 Å². The van der Waals surface area contributed by atoms with Gasteiger partial charge in [0.1, 0.15) is 0 Å². The van der Waals surface area contributed by atoms with Crippen molar-refractivity contribution in [2.24, 2.45) is 5.73 Å². The lowest BCUT2D eigenvalue weighted by Gasteiger charge is -2.09. The Bertz CT molecular complexity index is 782. The number of nitrogens with zero attached hydrogens (tertiary/aromatic N) is 2. The molecule has 0 aliphatic rings. The van der Waals surface area contributed by atoms with Crippen molar-refractivity contribution in [3.63, 3.8) is 0 Å². The van der Waals surface area contributed by atoms with E-state index in [1.807, 2.05) is 0 Å². The second-order valence-corrected chi connectivity index (χ2v) is 4.34. The fourth-order valence-electron chi connectivity index (χ4n) is 2.17. The van der Waals surface area contributed by atoms with Gasteiger partial charge in [0.25, 0.3) is 0 Å². The molecular weight excluding hydrogens is 260 g/mol. The van der Waals surface area contributed by atoms with E-state index in [1.54, 1.807) is 24.4 Å². The van der Waals surface area contributed by atoms with Crippen LogP contribution < -0.4 is 5.73 Å². The predicted octanol–water partition coefficient (Wildman–Crippen LogP) is 3.03. The van der Waals surface area contributed by atoms with E-state index in [0.717, 1.165) is 0 Å². The Morgan fingerprint density at radius 2 is 1.70 bits per heavy atom. The Balaban J connectivity index is 2.29. The molecule has 0 atom stereocenters. The zero-order valence-corrected chi connectivity index (χ0v) is 10.5. The Morgan fingerprint density at radius 3 is 2.50 bits per heavy atom. The Kier molecular flexibility index (Phi) is 3.12. The minimum absolute atomic E-state index is 0.0400. The molecule has 0 aliphatic heterocycles. The second kappa shape index (κ2) is 4.94. The summed E-state index contributed by atoms with van der Waals surface area (Å²) < 4.78 is 28.1.